The lowest BCUT2D eigenvalue weighted by molar-refractivity contribution is -0.125. The number of hydrogen-bond donors (Lipinski definition) is 1. The summed E-state index contributed by atoms with van der Waals surface area (Å²) in [5, 5.41) is 0. The van der Waals surface area contributed by atoms with E-state index >= 15 is 0 Å². The van der Waals surface area contributed by atoms with Crippen LogP contribution in [0.4, 0.5) is 0 Å². The van der Waals surface area contributed by atoms with Crippen molar-refractivity contribution < 1.29 is 4.79 Å². The predicted molar refractivity (Wildman–Crippen MR) is 62.7 cm³/mol. The molecule has 0 heterocycles. The highest BCUT2D eigenvalue weighted by atomic mass is 16.1. The van der Waals surface area contributed by atoms with Crippen LogP contribution in [-0.4, -0.2) is 12.3 Å². The summed E-state index contributed by atoms with van der Waals surface area (Å²) in [6, 6.07) is 7.97. The van der Waals surface area contributed by atoms with Crippen LogP contribution in [0.3, 0.4) is 0 Å². The second-order valence-electron chi connectivity index (χ2n) is 4.61. The Balaban J connectivity index is 2.80. The van der Waals surface area contributed by atoms with E-state index in [1.165, 1.54) is 5.56 Å². The van der Waals surface area contributed by atoms with Crippen LogP contribution in [0, 0.1) is 12.3 Å². The van der Waals surface area contributed by atoms with Crippen LogP contribution in [0.25, 0.3) is 0 Å². The second-order valence-corrected chi connectivity index (χ2v) is 4.61. The monoisotopic (exact) mass is 205 g/mol. The maximum atomic E-state index is 11.9. The predicted octanol–water partition coefficient (Wildman–Crippen LogP) is 2.09. The number of carbonyl (C=O) groups is 1. The molecule has 0 aliphatic carbocycles. The Kier molecular flexibility index (Phi) is 3.64. The van der Waals surface area contributed by atoms with Gasteiger partial charge in [0, 0.05) is 18.4 Å². The fraction of sp³-hybridized carbons (Fsp3) is 0.462. The van der Waals surface area contributed by atoms with Gasteiger partial charge in [0.25, 0.3) is 0 Å². The van der Waals surface area contributed by atoms with Gasteiger partial charge in [-0.15, -0.1) is 0 Å². The Morgan fingerprint density at radius 2 is 1.93 bits per heavy atom. The number of ketones is 1. The van der Waals surface area contributed by atoms with Crippen molar-refractivity contribution in [2.75, 3.05) is 6.54 Å². The molecule has 0 aliphatic rings. The van der Waals surface area contributed by atoms with E-state index in [1.807, 2.05) is 45.0 Å². The molecule has 0 spiro atoms. The zero-order chi connectivity index (χ0) is 11.5. The molecule has 2 N–H and O–H groups in total. The molecule has 0 saturated carbocycles. The summed E-state index contributed by atoms with van der Waals surface area (Å²) in [4.78, 5) is 11.9. The van der Waals surface area contributed by atoms with Crippen LogP contribution in [0.2, 0.25) is 0 Å². The van der Waals surface area contributed by atoms with Crippen LogP contribution >= 0.6 is 0 Å². The molecule has 0 saturated heterocycles. The van der Waals surface area contributed by atoms with Gasteiger partial charge in [-0.05, 0) is 18.1 Å². The lowest BCUT2D eigenvalue weighted by Crippen LogP contribution is -2.33. The van der Waals surface area contributed by atoms with E-state index in [2.05, 4.69) is 0 Å². The first-order valence-corrected chi connectivity index (χ1v) is 5.25. The summed E-state index contributed by atoms with van der Waals surface area (Å²) in [5.41, 5.74) is 7.43. The van der Waals surface area contributed by atoms with Crippen molar-refractivity contribution in [3.8, 4) is 0 Å². The van der Waals surface area contributed by atoms with Gasteiger partial charge in [-0.3, -0.25) is 4.79 Å². The van der Waals surface area contributed by atoms with Gasteiger partial charge in [0.05, 0.1) is 0 Å². The summed E-state index contributed by atoms with van der Waals surface area (Å²) in [6.45, 7) is 6.22. The third-order valence-electron chi connectivity index (χ3n) is 2.88. The molecule has 0 radical (unpaired) electrons. The number of aryl methyl sites for hydroxylation is 1. The summed E-state index contributed by atoms with van der Waals surface area (Å²) >= 11 is 0. The first kappa shape index (κ1) is 11.9. The minimum absolute atomic E-state index is 0.208. The molecular weight excluding hydrogens is 186 g/mol. The number of rotatable bonds is 4. The van der Waals surface area contributed by atoms with Crippen molar-refractivity contribution in [3.63, 3.8) is 0 Å². The SMILES string of the molecule is Cc1ccccc1CC(=O)C(C)(C)CN. The Morgan fingerprint density at radius 1 is 1.33 bits per heavy atom. The molecule has 15 heavy (non-hydrogen) atoms. The zero-order valence-electron chi connectivity index (χ0n) is 9.71. The van der Waals surface area contributed by atoms with Crippen molar-refractivity contribution in [1.29, 1.82) is 0 Å². The topological polar surface area (TPSA) is 43.1 Å². The van der Waals surface area contributed by atoms with Crippen LogP contribution in [0.1, 0.15) is 25.0 Å². The molecule has 0 atom stereocenters. The fourth-order valence-electron chi connectivity index (χ4n) is 1.33. The number of hydrogen-bond acceptors (Lipinski definition) is 2. The average molecular weight is 205 g/mol. The largest absolute Gasteiger partial charge is 0.329 e. The van der Waals surface area contributed by atoms with Crippen LogP contribution in [0.5, 0.6) is 0 Å². The van der Waals surface area contributed by atoms with E-state index in [0.717, 1.165) is 5.56 Å². The number of carbonyl (C=O) groups excluding carboxylic acids is 1. The molecule has 0 bridgehead atoms. The Bertz CT molecular complexity index is 355. The highest BCUT2D eigenvalue weighted by Gasteiger charge is 2.25. The first-order chi connectivity index (χ1) is 6.97. The molecule has 1 rings (SSSR count). The number of nitrogens with two attached hydrogens (primary N) is 1. The highest BCUT2D eigenvalue weighted by Crippen LogP contribution is 2.18. The summed E-state index contributed by atoms with van der Waals surface area (Å²) in [5.74, 6) is 0.208. The van der Waals surface area contributed by atoms with Gasteiger partial charge < -0.3 is 5.73 Å². The molecule has 0 aliphatic heterocycles. The number of benzene rings is 1. The minimum atomic E-state index is -0.414. The van der Waals surface area contributed by atoms with Crippen molar-refractivity contribution in [2.24, 2.45) is 11.1 Å². The van der Waals surface area contributed by atoms with Gasteiger partial charge >= 0.3 is 0 Å². The average Bonchev–Trinajstić information content (AvgIpc) is 2.21. The zero-order valence-corrected chi connectivity index (χ0v) is 9.71. The summed E-state index contributed by atoms with van der Waals surface area (Å²) < 4.78 is 0. The molecule has 2 heteroatoms. The lowest BCUT2D eigenvalue weighted by Gasteiger charge is -2.20. The van der Waals surface area contributed by atoms with E-state index in [1.54, 1.807) is 0 Å². The van der Waals surface area contributed by atoms with E-state index in [4.69, 9.17) is 5.73 Å². The van der Waals surface area contributed by atoms with Crippen LogP contribution < -0.4 is 5.73 Å². The molecule has 0 unspecified atom stereocenters. The molecule has 0 fully saturated rings. The normalized spacial score (nSPS) is 11.5. The van der Waals surface area contributed by atoms with Gasteiger partial charge in [0.1, 0.15) is 5.78 Å². The quantitative estimate of drug-likeness (QED) is 0.818. The Labute approximate surface area is 91.5 Å². The van der Waals surface area contributed by atoms with Crippen molar-refractivity contribution in [3.05, 3.63) is 35.4 Å². The fourth-order valence-corrected chi connectivity index (χ4v) is 1.33. The minimum Gasteiger partial charge on any atom is -0.329 e. The standard InChI is InChI=1S/C13H19NO/c1-10-6-4-5-7-11(10)8-12(15)13(2,3)9-14/h4-7H,8-9,14H2,1-3H3. The van der Waals surface area contributed by atoms with Gasteiger partial charge in [0.15, 0.2) is 0 Å². The molecule has 82 valence electrons. The highest BCUT2D eigenvalue weighted by molar-refractivity contribution is 5.86. The van der Waals surface area contributed by atoms with Crippen LogP contribution in [-0.2, 0) is 11.2 Å². The molecule has 0 aromatic heterocycles. The van der Waals surface area contributed by atoms with Crippen molar-refractivity contribution >= 4 is 5.78 Å². The van der Waals surface area contributed by atoms with E-state index < -0.39 is 5.41 Å². The lowest BCUT2D eigenvalue weighted by atomic mass is 9.84. The summed E-state index contributed by atoms with van der Waals surface area (Å²) in [7, 11) is 0. The smallest absolute Gasteiger partial charge is 0.144 e. The van der Waals surface area contributed by atoms with E-state index in [-0.39, 0.29) is 5.78 Å². The molecule has 1 aromatic rings. The Morgan fingerprint density at radius 3 is 2.47 bits per heavy atom. The second kappa shape index (κ2) is 4.58. The van der Waals surface area contributed by atoms with E-state index in [0.29, 0.717) is 13.0 Å². The maximum absolute atomic E-state index is 11.9. The Hall–Kier alpha value is -1.15. The molecule has 1 aromatic carbocycles. The van der Waals surface area contributed by atoms with Gasteiger partial charge in [-0.2, -0.15) is 0 Å². The first-order valence-electron chi connectivity index (χ1n) is 5.25. The van der Waals surface area contributed by atoms with Gasteiger partial charge in [0.2, 0.25) is 0 Å². The molecule has 0 amide bonds. The van der Waals surface area contributed by atoms with Crippen molar-refractivity contribution in [1.82, 2.24) is 0 Å². The van der Waals surface area contributed by atoms with Gasteiger partial charge in [-0.25, -0.2) is 0 Å². The third-order valence-corrected chi connectivity index (χ3v) is 2.88. The number of Topliss-reactive ketones (excluding diaryl/α,β-unsaturated/α-hetero) is 1. The van der Waals surface area contributed by atoms with Crippen molar-refractivity contribution in [2.45, 2.75) is 27.2 Å². The van der Waals surface area contributed by atoms with E-state index in [9.17, 15) is 4.79 Å². The molecular formula is C13H19NO. The third kappa shape index (κ3) is 2.90. The van der Waals surface area contributed by atoms with Crippen LogP contribution in [0.15, 0.2) is 24.3 Å². The van der Waals surface area contributed by atoms with Gasteiger partial charge in [-0.1, -0.05) is 38.1 Å². The molecule has 2 nitrogen and oxygen atoms in total. The maximum Gasteiger partial charge on any atom is 0.144 e. The summed E-state index contributed by atoms with van der Waals surface area (Å²) in [6.07, 6.45) is 0.483.